The second kappa shape index (κ2) is 8.73. The molecule has 0 aromatic rings. The van der Waals surface area contributed by atoms with Gasteiger partial charge in [-0.25, -0.2) is 4.79 Å². The maximum Gasteiger partial charge on any atom is 0.315 e. The molecule has 5 heteroatoms. The maximum absolute atomic E-state index is 11.8. The lowest BCUT2D eigenvalue weighted by atomic mass is 9.92. The van der Waals surface area contributed by atoms with Gasteiger partial charge >= 0.3 is 6.03 Å². The number of carbonyl (C=O) groups excluding carboxylic acids is 1. The Morgan fingerprint density at radius 1 is 1.14 bits per heavy atom. The smallest absolute Gasteiger partial charge is 0.315 e. The van der Waals surface area contributed by atoms with Crippen LogP contribution in [0.3, 0.4) is 0 Å². The Kier molecular flexibility index (Phi) is 6.96. The molecule has 0 aromatic heterocycles. The van der Waals surface area contributed by atoms with E-state index in [1.54, 1.807) is 0 Å². The first kappa shape index (κ1) is 17.5. The zero-order valence-electron chi connectivity index (χ0n) is 14.2. The lowest BCUT2D eigenvalue weighted by Gasteiger charge is -2.35. The predicted octanol–water partition coefficient (Wildman–Crippen LogP) is 1.96. The van der Waals surface area contributed by atoms with Crippen molar-refractivity contribution >= 4 is 6.03 Å². The molecule has 2 atom stereocenters. The van der Waals surface area contributed by atoms with Gasteiger partial charge < -0.3 is 20.6 Å². The Labute approximate surface area is 134 Å². The minimum atomic E-state index is -0.171. The molecule has 1 heterocycles. The number of urea groups is 1. The van der Waals surface area contributed by atoms with Gasteiger partial charge in [-0.3, -0.25) is 0 Å². The molecule has 1 aliphatic carbocycles. The third kappa shape index (κ3) is 6.13. The van der Waals surface area contributed by atoms with Crippen LogP contribution >= 0.6 is 0 Å². The third-order valence-electron chi connectivity index (χ3n) is 4.91. The lowest BCUT2D eigenvalue weighted by molar-refractivity contribution is 0.117. The van der Waals surface area contributed by atoms with Gasteiger partial charge in [0, 0.05) is 25.7 Å². The van der Waals surface area contributed by atoms with Crippen molar-refractivity contribution in [3.8, 4) is 0 Å². The van der Waals surface area contributed by atoms with Gasteiger partial charge in [0.1, 0.15) is 0 Å². The zero-order chi connectivity index (χ0) is 15.9. The highest BCUT2D eigenvalue weighted by Crippen LogP contribution is 2.20. The fraction of sp³-hybridized carbons (Fsp3) is 0.941. The number of hydrogen-bond acceptors (Lipinski definition) is 3. The van der Waals surface area contributed by atoms with Crippen LogP contribution in [0.15, 0.2) is 0 Å². The highest BCUT2D eigenvalue weighted by Gasteiger charge is 2.22. The minimum Gasteiger partial charge on any atom is -0.393 e. The first-order valence-corrected chi connectivity index (χ1v) is 8.97. The van der Waals surface area contributed by atoms with E-state index in [-0.39, 0.29) is 18.2 Å². The fourth-order valence-corrected chi connectivity index (χ4v) is 3.94. The summed E-state index contributed by atoms with van der Waals surface area (Å²) in [7, 11) is 0. The molecule has 0 spiro atoms. The van der Waals surface area contributed by atoms with Gasteiger partial charge in [-0.2, -0.15) is 0 Å². The average Bonchev–Trinajstić information content (AvgIpc) is 2.45. The molecule has 1 saturated carbocycles. The molecule has 1 saturated heterocycles. The first-order chi connectivity index (χ1) is 10.5. The van der Waals surface area contributed by atoms with Crippen LogP contribution in [0.4, 0.5) is 4.79 Å². The topological polar surface area (TPSA) is 64.6 Å². The van der Waals surface area contributed by atoms with Crippen LogP contribution in [0.5, 0.6) is 0 Å². The summed E-state index contributed by atoms with van der Waals surface area (Å²) in [6.45, 7) is 8.86. The van der Waals surface area contributed by atoms with Crippen LogP contribution in [0.1, 0.15) is 52.4 Å². The number of likely N-dealkylation sites (tertiary alicyclic amines) is 1. The van der Waals surface area contributed by atoms with Gasteiger partial charge in [-0.05, 0) is 56.9 Å². The second-order valence-electron chi connectivity index (χ2n) is 7.46. The standard InChI is InChI=1S/C17H33N3O2/c1-13-10-14(2)12-20(11-13)9-3-8-18-17(22)19-15-4-6-16(21)7-5-15/h13-16,21H,3-12H2,1-2H3,(H2,18,19,22). The van der Waals surface area contributed by atoms with E-state index >= 15 is 0 Å². The number of rotatable bonds is 5. The summed E-state index contributed by atoms with van der Waals surface area (Å²) in [6, 6.07) is 0.175. The molecule has 22 heavy (non-hydrogen) atoms. The molecule has 128 valence electrons. The van der Waals surface area contributed by atoms with Crippen molar-refractivity contribution in [2.45, 2.75) is 64.5 Å². The number of piperidine rings is 1. The van der Waals surface area contributed by atoms with Crippen LogP contribution < -0.4 is 10.6 Å². The zero-order valence-corrected chi connectivity index (χ0v) is 14.2. The molecular weight excluding hydrogens is 278 g/mol. The van der Waals surface area contributed by atoms with E-state index in [1.165, 1.54) is 19.5 Å². The van der Waals surface area contributed by atoms with Crippen molar-refractivity contribution in [3.63, 3.8) is 0 Å². The summed E-state index contributed by atoms with van der Waals surface area (Å²) in [4.78, 5) is 14.4. The molecule has 2 fully saturated rings. The Balaban J connectivity index is 1.53. The second-order valence-corrected chi connectivity index (χ2v) is 7.46. The summed E-state index contributed by atoms with van der Waals surface area (Å²) in [6.07, 6.45) is 5.56. The number of amides is 2. The predicted molar refractivity (Wildman–Crippen MR) is 88.8 cm³/mol. The Morgan fingerprint density at radius 2 is 1.77 bits per heavy atom. The molecule has 2 unspecified atom stereocenters. The molecule has 3 N–H and O–H groups in total. The number of nitrogens with zero attached hydrogens (tertiary/aromatic N) is 1. The van der Waals surface area contributed by atoms with Gasteiger partial charge in [-0.1, -0.05) is 13.8 Å². The first-order valence-electron chi connectivity index (χ1n) is 8.97. The Bertz CT molecular complexity index is 333. The molecule has 0 radical (unpaired) electrons. The summed E-state index contributed by atoms with van der Waals surface area (Å²) in [5, 5.41) is 15.4. The SMILES string of the molecule is CC1CC(C)CN(CCCNC(=O)NC2CCC(O)CC2)C1. The van der Waals surface area contributed by atoms with Crippen LogP contribution in [-0.2, 0) is 0 Å². The minimum absolute atomic E-state index is 0.0539. The summed E-state index contributed by atoms with van der Waals surface area (Å²) in [5.74, 6) is 1.59. The molecule has 0 bridgehead atoms. The van der Waals surface area contributed by atoms with Gasteiger partial charge in [-0.15, -0.1) is 0 Å². The summed E-state index contributed by atoms with van der Waals surface area (Å²) in [5.41, 5.74) is 0. The molecule has 2 amide bonds. The molecule has 1 aliphatic heterocycles. The van der Waals surface area contributed by atoms with Crippen LogP contribution in [0.25, 0.3) is 0 Å². The lowest BCUT2D eigenvalue weighted by Crippen LogP contribution is -2.45. The maximum atomic E-state index is 11.8. The largest absolute Gasteiger partial charge is 0.393 e. The molecule has 5 nitrogen and oxygen atoms in total. The van der Waals surface area contributed by atoms with Crippen molar-refractivity contribution in [3.05, 3.63) is 0 Å². The highest BCUT2D eigenvalue weighted by molar-refractivity contribution is 5.74. The van der Waals surface area contributed by atoms with Crippen molar-refractivity contribution in [2.75, 3.05) is 26.2 Å². The van der Waals surface area contributed by atoms with E-state index in [9.17, 15) is 9.90 Å². The van der Waals surface area contributed by atoms with Crippen LogP contribution in [-0.4, -0.2) is 54.4 Å². The third-order valence-corrected chi connectivity index (χ3v) is 4.91. The molecule has 2 aliphatic rings. The normalized spacial score (nSPS) is 33.4. The average molecular weight is 311 g/mol. The number of aliphatic hydroxyl groups excluding tert-OH is 1. The van der Waals surface area contributed by atoms with Gasteiger partial charge in [0.25, 0.3) is 0 Å². The van der Waals surface area contributed by atoms with Crippen molar-refractivity contribution in [2.24, 2.45) is 11.8 Å². The highest BCUT2D eigenvalue weighted by atomic mass is 16.3. The number of hydrogen-bond donors (Lipinski definition) is 3. The van der Waals surface area contributed by atoms with Crippen molar-refractivity contribution < 1.29 is 9.90 Å². The van der Waals surface area contributed by atoms with Gasteiger partial charge in [0.15, 0.2) is 0 Å². The van der Waals surface area contributed by atoms with E-state index in [4.69, 9.17) is 0 Å². The Hall–Kier alpha value is -0.810. The molecule has 0 aromatic carbocycles. The monoisotopic (exact) mass is 311 g/mol. The quantitative estimate of drug-likeness (QED) is 0.680. The van der Waals surface area contributed by atoms with Crippen molar-refractivity contribution in [1.82, 2.24) is 15.5 Å². The fourth-order valence-electron chi connectivity index (χ4n) is 3.94. The van der Waals surface area contributed by atoms with Crippen LogP contribution in [0.2, 0.25) is 0 Å². The number of aliphatic hydroxyl groups is 1. The molecule has 2 rings (SSSR count). The summed E-state index contributed by atoms with van der Waals surface area (Å²) < 4.78 is 0. The van der Waals surface area contributed by atoms with Gasteiger partial charge in [0.2, 0.25) is 0 Å². The summed E-state index contributed by atoms with van der Waals surface area (Å²) >= 11 is 0. The Morgan fingerprint density at radius 3 is 2.41 bits per heavy atom. The van der Waals surface area contributed by atoms with E-state index in [2.05, 4.69) is 29.4 Å². The van der Waals surface area contributed by atoms with Gasteiger partial charge in [0.05, 0.1) is 6.10 Å². The van der Waals surface area contributed by atoms with Crippen LogP contribution in [0, 0.1) is 11.8 Å². The van der Waals surface area contributed by atoms with E-state index < -0.39 is 0 Å². The molecular formula is C17H33N3O2. The number of nitrogens with one attached hydrogen (secondary N) is 2. The van der Waals surface area contributed by atoms with E-state index in [1.807, 2.05) is 0 Å². The van der Waals surface area contributed by atoms with Crippen molar-refractivity contribution in [1.29, 1.82) is 0 Å². The van der Waals surface area contributed by atoms with E-state index in [0.717, 1.165) is 57.0 Å². The van der Waals surface area contributed by atoms with E-state index in [0.29, 0.717) is 0 Å². The number of carbonyl (C=O) groups is 1.